The zero-order valence-electron chi connectivity index (χ0n) is 19.3. The summed E-state index contributed by atoms with van der Waals surface area (Å²) in [5.41, 5.74) is 3.88. The van der Waals surface area contributed by atoms with Crippen LogP contribution in [0.4, 0.5) is 10.1 Å². The van der Waals surface area contributed by atoms with Crippen LogP contribution in [0.25, 0.3) is 11.1 Å². The minimum Gasteiger partial charge on any atom is -0.472 e. The van der Waals surface area contributed by atoms with E-state index in [9.17, 15) is 4.79 Å². The second-order valence-corrected chi connectivity index (χ2v) is 8.53. The summed E-state index contributed by atoms with van der Waals surface area (Å²) in [5.74, 6) is -0.137. The molecule has 1 aliphatic rings. The van der Waals surface area contributed by atoms with E-state index in [1.165, 1.54) is 13.2 Å². The van der Waals surface area contributed by atoms with Gasteiger partial charge in [-0.3, -0.25) is 4.79 Å². The molecule has 3 aromatic rings. The fourth-order valence-corrected chi connectivity index (χ4v) is 4.41. The largest absolute Gasteiger partial charge is 0.472 e. The Hall–Kier alpha value is -3.41. The number of pyridine rings is 1. The number of carbonyl (C=O) groups excluding carboxylic acids is 1. The van der Waals surface area contributed by atoms with Gasteiger partial charge in [0, 0.05) is 23.8 Å². The minimum absolute atomic E-state index is 0.0361. The van der Waals surface area contributed by atoms with Gasteiger partial charge in [0.1, 0.15) is 12.4 Å². The number of hydrogen-bond donors (Lipinski definition) is 0. The monoisotopic (exact) mass is 448 g/mol. The van der Waals surface area contributed by atoms with E-state index in [4.69, 9.17) is 9.47 Å². The van der Waals surface area contributed by atoms with Crippen molar-refractivity contribution in [3.63, 3.8) is 0 Å². The topological polar surface area (TPSA) is 51.7 Å². The fourth-order valence-electron chi connectivity index (χ4n) is 4.41. The van der Waals surface area contributed by atoms with Crippen LogP contribution in [0.2, 0.25) is 0 Å². The highest BCUT2D eigenvalue weighted by atomic mass is 19.1. The number of aromatic nitrogens is 1. The number of ether oxygens (including phenoxy) is 2. The molecule has 4 rings (SSSR count). The quantitative estimate of drug-likeness (QED) is 0.463. The number of anilines is 1. The Labute approximate surface area is 194 Å². The Morgan fingerprint density at radius 1 is 1.15 bits per heavy atom. The van der Waals surface area contributed by atoms with E-state index in [2.05, 4.69) is 4.98 Å². The molecule has 6 heteroatoms. The molecule has 2 aromatic carbocycles. The highest BCUT2D eigenvalue weighted by Crippen LogP contribution is 2.35. The number of aryl methyl sites for hydroxylation is 1. The average Bonchev–Trinajstić information content (AvgIpc) is 2.83. The van der Waals surface area contributed by atoms with Gasteiger partial charge in [0.25, 0.3) is 0 Å². The summed E-state index contributed by atoms with van der Waals surface area (Å²) in [5, 5.41) is 0. The molecule has 1 fully saturated rings. The first-order valence-electron chi connectivity index (χ1n) is 11.2. The molecule has 0 bridgehead atoms. The van der Waals surface area contributed by atoms with Gasteiger partial charge in [0.15, 0.2) is 0 Å². The molecule has 1 aliphatic heterocycles. The van der Waals surface area contributed by atoms with Crippen molar-refractivity contribution >= 4 is 11.7 Å². The van der Waals surface area contributed by atoms with Crippen LogP contribution in [-0.2, 0) is 16.1 Å². The number of piperidine rings is 1. The summed E-state index contributed by atoms with van der Waals surface area (Å²) >= 11 is 0. The standard InChI is InChI=1S/C27H29FN2O3/c1-18-9-11-23(26(29-18)33-17-20-7-5-4-6-8-20)21-10-12-25(24(28)16-21)30-14-13-22(15-19(30)2)27(31)32-3/h4-12,16,19,22H,13-15,17H2,1-3H3. The van der Waals surface area contributed by atoms with E-state index in [0.29, 0.717) is 43.1 Å². The molecule has 1 saturated heterocycles. The predicted octanol–water partition coefficient (Wildman–Crippen LogP) is 5.55. The molecule has 0 N–H and O–H groups in total. The van der Waals surface area contributed by atoms with Crippen molar-refractivity contribution in [1.29, 1.82) is 0 Å². The van der Waals surface area contributed by atoms with Crippen molar-refractivity contribution in [2.75, 3.05) is 18.6 Å². The van der Waals surface area contributed by atoms with Gasteiger partial charge in [-0.15, -0.1) is 0 Å². The van der Waals surface area contributed by atoms with Crippen molar-refractivity contribution < 1.29 is 18.7 Å². The Bertz CT molecular complexity index is 1120. The molecule has 2 heterocycles. The number of benzene rings is 2. The lowest BCUT2D eigenvalue weighted by atomic mass is 9.91. The third kappa shape index (κ3) is 5.16. The Morgan fingerprint density at radius 3 is 2.64 bits per heavy atom. The van der Waals surface area contributed by atoms with Crippen LogP contribution >= 0.6 is 0 Å². The summed E-state index contributed by atoms with van der Waals surface area (Å²) in [4.78, 5) is 18.5. The summed E-state index contributed by atoms with van der Waals surface area (Å²) in [6.07, 6.45) is 1.30. The number of rotatable bonds is 6. The second kappa shape index (κ2) is 10.0. The number of methoxy groups -OCH3 is 1. The van der Waals surface area contributed by atoms with Crippen LogP contribution < -0.4 is 9.64 Å². The van der Waals surface area contributed by atoms with Gasteiger partial charge in [-0.25, -0.2) is 9.37 Å². The molecule has 2 unspecified atom stereocenters. The second-order valence-electron chi connectivity index (χ2n) is 8.53. The lowest BCUT2D eigenvalue weighted by molar-refractivity contribution is -0.146. The maximum absolute atomic E-state index is 15.3. The molecule has 1 aromatic heterocycles. The lowest BCUT2D eigenvalue weighted by Gasteiger charge is -2.38. The maximum Gasteiger partial charge on any atom is 0.308 e. The number of carbonyl (C=O) groups is 1. The normalized spacial score (nSPS) is 18.1. The summed E-state index contributed by atoms with van der Waals surface area (Å²) in [7, 11) is 1.41. The average molecular weight is 449 g/mol. The number of nitrogens with zero attached hydrogens (tertiary/aromatic N) is 2. The van der Waals surface area contributed by atoms with E-state index in [-0.39, 0.29) is 23.7 Å². The third-order valence-electron chi connectivity index (χ3n) is 6.20. The van der Waals surface area contributed by atoms with Gasteiger partial charge >= 0.3 is 5.97 Å². The first-order chi connectivity index (χ1) is 16.0. The van der Waals surface area contributed by atoms with Crippen LogP contribution in [0, 0.1) is 18.7 Å². The highest BCUT2D eigenvalue weighted by Gasteiger charge is 2.31. The molecule has 0 amide bonds. The van der Waals surface area contributed by atoms with Gasteiger partial charge in [0.05, 0.1) is 18.7 Å². The molecule has 2 atom stereocenters. The lowest BCUT2D eigenvalue weighted by Crippen LogP contribution is -2.43. The Balaban J connectivity index is 1.55. The molecule has 0 radical (unpaired) electrons. The number of halogens is 1. The Morgan fingerprint density at radius 2 is 1.94 bits per heavy atom. The first-order valence-corrected chi connectivity index (χ1v) is 11.2. The van der Waals surface area contributed by atoms with Crippen molar-refractivity contribution in [2.45, 2.75) is 39.3 Å². The zero-order chi connectivity index (χ0) is 23.4. The van der Waals surface area contributed by atoms with Crippen LogP contribution in [0.3, 0.4) is 0 Å². The van der Waals surface area contributed by atoms with E-state index in [1.54, 1.807) is 6.07 Å². The third-order valence-corrected chi connectivity index (χ3v) is 6.20. The van der Waals surface area contributed by atoms with E-state index >= 15 is 4.39 Å². The molecule has 0 spiro atoms. The summed E-state index contributed by atoms with van der Waals surface area (Å²) in [6.45, 7) is 4.91. The van der Waals surface area contributed by atoms with Gasteiger partial charge in [-0.1, -0.05) is 36.4 Å². The van der Waals surface area contributed by atoms with Crippen molar-refractivity contribution in [1.82, 2.24) is 4.98 Å². The van der Waals surface area contributed by atoms with Crippen LogP contribution in [0.1, 0.15) is 31.0 Å². The first kappa shape index (κ1) is 22.8. The van der Waals surface area contributed by atoms with Gasteiger partial charge in [-0.2, -0.15) is 0 Å². The van der Waals surface area contributed by atoms with Crippen LogP contribution in [0.5, 0.6) is 5.88 Å². The van der Waals surface area contributed by atoms with Crippen molar-refractivity contribution in [2.24, 2.45) is 5.92 Å². The van der Waals surface area contributed by atoms with Crippen molar-refractivity contribution in [3.05, 3.63) is 77.7 Å². The van der Waals surface area contributed by atoms with Gasteiger partial charge in [0.2, 0.25) is 5.88 Å². The number of esters is 1. The van der Waals surface area contributed by atoms with Crippen molar-refractivity contribution in [3.8, 4) is 17.0 Å². The molecule has 5 nitrogen and oxygen atoms in total. The molecule has 0 aliphatic carbocycles. The van der Waals surface area contributed by atoms with Gasteiger partial charge in [-0.05, 0) is 62.1 Å². The smallest absolute Gasteiger partial charge is 0.308 e. The van der Waals surface area contributed by atoms with E-state index in [0.717, 1.165) is 16.8 Å². The molecule has 33 heavy (non-hydrogen) atoms. The SMILES string of the molecule is COC(=O)C1CCN(c2ccc(-c3ccc(C)nc3OCc3ccccc3)cc2F)C(C)C1. The molecule has 172 valence electrons. The van der Waals surface area contributed by atoms with Crippen LogP contribution in [-0.4, -0.2) is 30.6 Å². The number of hydrogen-bond acceptors (Lipinski definition) is 5. The summed E-state index contributed by atoms with van der Waals surface area (Å²) in [6, 6.07) is 19.0. The maximum atomic E-state index is 15.3. The fraction of sp³-hybridized carbons (Fsp3) is 0.333. The van der Waals surface area contributed by atoms with Crippen LogP contribution in [0.15, 0.2) is 60.7 Å². The Kier molecular flexibility index (Phi) is 6.92. The minimum atomic E-state index is -0.301. The highest BCUT2D eigenvalue weighted by molar-refractivity contribution is 5.73. The van der Waals surface area contributed by atoms with E-state index in [1.807, 2.05) is 67.3 Å². The summed E-state index contributed by atoms with van der Waals surface area (Å²) < 4.78 is 26.2. The van der Waals surface area contributed by atoms with Gasteiger partial charge < -0.3 is 14.4 Å². The zero-order valence-corrected chi connectivity index (χ0v) is 19.3. The predicted molar refractivity (Wildman–Crippen MR) is 127 cm³/mol. The molecular formula is C27H29FN2O3. The van der Waals surface area contributed by atoms with E-state index < -0.39 is 0 Å². The molecule has 0 saturated carbocycles. The molecular weight excluding hydrogens is 419 g/mol.